The molecule has 1 rings (SSSR count). The van der Waals surface area contributed by atoms with Gasteiger partial charge in [0.2, 0.25) is 0 Å². The lowest BCUT2D eigenvalue weighted by Crippen LogP contribution is -1.87. The zero-order valence-electron chi connectivity index (χ0n) is 7.29. The molecule has 12 heavy (non-hydrogen) atoms. The third-order valence-corrected chi connectivity index (χ3v) is 1.40. The fourth-order valence-electron chi connectivity index (χ4n) is 0.904. The molecule has 0 unspecified atom stereocenters. The van der Waals surface area contributed by atoms with E-state index in [0.717, 1.165) is 11.1 Å². The third-order valence-electron chi connectivity index (χ3n) is 1.40. The van der Waals surface area contributed by atoms with Crippen LogP contribution < -0.4 is 5.73 Å². The zero-order valence-corrected chi connectivity index (χ0v) is 7.29. The fraction of sp³-hybridized carbons (Fsp3) is 0.222. The van der Waals surface area contributed by atoms with Gasteiger partial charge in [-0.05, 0) is 26.0 Å². The van der Waals surface area contributed by atoms with E-state index in [9.17, 15) is 0 Å². The van der Waals surface area contributed by atoms with Gasteiger partial charge in [-0.3, -0.25) is 0 Å². The molecule has 0 spiro atoms. The monoisotopic (exact) mass is 164 g/mol. The Bertz CT molecular complexity index is 319. The summed E-state index contributed by atoms with van der Waals surface area (Å²) in [6, 6.07) is 0. The Labute approximate surface area is 71.5 Å². The van der Waals surface area contributed by atoms with Gasteiger partial charge >= 0.3 is 0 Å². The van der Waals surface area contributed by atoms with E-state index in [2.05, 4.69) is 11.7 Å². The molecule has 3 nitrogen and oxygen atoms in total. The van der Waals surface area contributed by atoms with Crippen molar-refractivity contribution < 1.29 is 4.52 Å². The molecule has 3 heteroatoms. The molecule has 0 aromatic carbocycles. The molecule has 0 aliphatic heterocycles. The van der Waals surface area contributed by atoms with Crippen molar-refractivity contribution in [3.05, 3.63) is 23.5 Å². The lowest BCUT2D eigenvalue weighted by Gasteiger charge is -1.91. The Morgan fingerprint density at radius 2 is 2.25 bits per heavy atom. The van der Waals surface area contributed by atoms with E-state index >= 15 is 0 Å². The third kappa shape index (κ3) is 1.56. The van der Waals surface area contributed by atoms with Crippen LogP contribution in [0.1, 0.15) is 25.2 Å². The van der Waals surface area contributed by atoms with Crippen molar-refractivity contribution >= 4 is 18.0 Å². The first kappa shape index (κ1) is 8.59. The van der Waals surface area contributed by atoms with E-state index < -0.39 is 0 Å². The Balaban J connectivity index is 3.19. The molecular formula is C9H12N2O. The molecule has 0 fully saturated rings. The number of hydrogen-bond donors (Lipinski definition) is 1. The maximum absolute atomic E-state index is 5.57. The summed E-state index contributed by atoms with van der Waals surface area (Å²) >= 11 is 0. The highest BCUT2D eigenvalue weighted by Crippen LogP contribution is 2.20. The van der Waals surface area contributed by atoms with E-state index in [1.165, 1.54) is 0 Å². The summed E-state index contributed by atoms with van der Waals surface area (Å²) < 4.78 is 4.91. The quantitative estimate of drug-likeness (QED) is 0.729. The summed E-state index contributed by atoms with van der Waals surface area (Å²) in [4.78, 5) is 0. The summed E-state index contributed by atoms with van der Waals surface area (Å²) in [5.74, 6) is 1.03. The molecule has 64 valence electrons. The van der Waals surface area contributed by atoms with Gasteiger partial charge in [0.15, 0.2) is 11.6 Å². The Kier molecular flexibility index (Phi) is 2.33. The van der Waals surface area contributed by atoms with Gasteiger partial charge in [0, 0.05) is 0 Å². The standard InChI is InChI=1S/C9H12N2O/c1-4-8-7(5-6(2)3)9(10)11-12-8/h4-5H,1H2,2-3H3,(H2,10,11). The smallest absolute Gasteiger partial charge is 0.174 e. The van der Waals surface area contributed by atoms with Crippen molar-refractivity contribution in [2.24, 2.45) is 0 Å². The largest absolute Gasteiger partial charge is 0.380 e. The van der Waals surface area contributed by atoms with E-state index in [-0.39, 0.29) is 0 Å². The van der Waals surface area contributed by atoms with Gasteiger partial charge in [-0.1, -0.05) is 17.3 Å². The molecule has 1 aromatic heterocycles. The molecule has 1 aromatic rings. The summed E-state index contributed by atoms with van der Waals surface area (Å²) in [5.41, 5.74) is 7.52. The first-order valence-electron chi connectivity index (χ1n) is 3.67. The van der Waals surface area contributed by atoms with Crippen LogP contribution in [0.25, 0.3) is 12.2 Å². The van der Waals surface area contributed by atoms with Gasteiger partial charge < -0.3 is 10.3 Å². The number of allylic oxidation sites excluding steroid dienone is 1. The Hall–Kier alpha value is -1.51. The molecule has 0 aliphatic rings. The van der Waals surface area contributed by atoms with Crippen LogP contribution in [-0.4, -0.2) is 5.16 Å². The van der Waals surface area contributed by atoms with E-state index in [1.54, 1.807) is 6.08 Å². The molecule has 0 radical (unpaired) electrons. The first-order chi connectivity index (χ1) is 5.65. The van der Waals surface area contributed by atoms with Crippen molar-refractivity contribution in [3.63, 3.8) is 0 Å². The van der Waals surface area contributed by atoms with Crippen LogP contribution in [0.3, 0.4) is 0 Å². The topological polar surface area (TPSA) is 52.0 Å². The number of aromatic nitrogens is 1. The summed E-state index contributed by atoms with van der Waals surface area (Å²) in [7, 11) is 0. The molecule has 2 N–H and O–H groups in total. The second-order valence-corrected chi connectivity index (χ2v) is 2.77. The van der Waals surface area contributed by atoms with Crippen LogP contribution in [0, 0.1) is 0 Å². The Morgan fingerprint density at radius 3 is 2.75 bits per heavy atom. The number of nitrogens with two attached hydrogens (primary N) is 1. The fourth-order valence-corrected chi connectivity index (χ4v) is 0.904. The van der Waals surface area contributed by atoms with Gasteiger partial charge in [0.1, 0.15) is 0 Å². The van der Waals surface area contributed by atoms with Crippen molar-refractivity contribution in [3.8, 4) is 0 Å². The normalized spacial score (nSPS) is 9.50. The van der Waals surface area contributed by atoms with E-state index in [1.807, 2.05) is 19.9 Å². The Morgan fingerprint density at radius 1 is 1.58 bits per heavy atom. The number of hydrogen-bond acceptors (Lipinski definition) is 3. The summed E-state index contributed by atoms with van der Waals surface area (Å²) in [5, 5.41) is 3.63. The first-order valence-corrected chi connectivity index (χ1v) is 3.67. The van der Waals surface area contributed by atoms with Crippen LogP contribution >= 0.6 is 0 Å². The maximum atomic E-state index is 5.57. The zero-order chi connectivity index (χ0) is 9.14. The van der Waals surface area contributed by atoms with Crippen LogP contribution in [0.5, 0.6) is 0 Å². The van der Waals surface area contributed by atoms with Crippen molar-refractivity contribution in [2.45, 2.75) is 13.8 Å². The lowest BCUT2D eigenvalue weighted by molar-refractivity contribution is 0.416. The highest BCUT2D eigenvalue weighted by atomic mass is 16.5. The highest BCUT2D eigenvalue weighted by Gasteiger charge is 2.07. The maximum Gasteiger partial charge on any atom is 0.174 e. The molecule has 0 atom stereocenters. The minimum absolute atomic E-state index is 0.408. The van der Waals surface area contributed by atoms with Crippen molar-refractivity contribution in [1.82, 2.24) is 5.16 Å². The minimum Gasteiger partial charge on any atom is -0.380 e. The molecule has 0 aliphatic carbocycles. The summed E-state index contributed by atoms with van der Waals surface area (Å²) in [6.45, 7) is 7.56. The van der Waals surface area contributed by atoms with Gasteiger partial charge in [0.25, 0.3) is 0 Å². The van der Waals surface area contributed by atoms with E-state index in [0.29, 0.717) is 11.6 Å². The van der Waals surface area contributed by atoms with E-state index in [4.69, 9.17) is 10.3 Å². The summed E-state index contributed by atoms with van der Waals surface area (Å²) in [6.07, 6.45) is 3.51. The average Bonchev–Trinajstić information content (AvgIpc) is 2.32. The van der Waals surface area contributed by atoms with Gasteiger partial charge in [0.05, 0.1) is 5.56 Å². The molecule has 0 bridgehead atoms. The molecule has 0 saturated heterocycles. The van der Waals surface area contributed by atoms with Crippen LogP contribution in [0.2, 0.25) is 0 Å². The number of nitrogen functional groups attached to an aromatic ring is 1. The second-order valence-electron chi connectivity index (χ2n) is 2.77. The van der Waals surface area contributed by atoms with Crippen LogP contribution in [0.4, 0.5) is 5.82 Å². The lowest BCUT2D eigenvalue weighted by atomic mass is 10.2. The van der Waals surface area contributed by atoms with Crippen LogP contribution in [0.15, 0.2) is 16.7 Å². The number of anilines is 1. The minimum atomic E-state index is 0.408. The predicted molar refractivity (Wildman–Crippen MR) is 50.3 cm³/mol. The second kappa shape index (κ2) is 3.26. The van der Waals surface area contributed by atoms with Gasteiger partial charge in [-0.25, -0.2) is 0 Å². The number of nitrogens with zero attached hydrogens (tertiary/aromatic N) is 1. The van der Waals surface area contributed by atoms with Gasteiger partial charge in [-0.2, -0.15) is 0 Å². The number of rotatable bonds is 2. The van der Waals surface area contributed by atoms with Gasteiger partial charge in [-0.15, -0.1) is 0 Å². The van der Waals surface area contributed by atoms with Crippen LogP contribution in [-0.2, 0) is 0 Å². The SMILES string of the molecule is C=Cc1onc(N)c1C=C(C)C. The molecule has 0 saturated carbocycles. The molecule has 1 heterocycles. The average molecular weight is 164 g/mol. The predicted octanol–water partition coefficient (Wildman–Crippen LogP) is 2.32. The van der Waals surface area contributed by atoms with Crippen molar-refractivity contribution in [2.75, 3.05) is 5.73 Å². The molecular weight excluding hydrogens is 152 g/mol. The molecule has 0 amide bonds. The highest BCUT2D eigenvalue weighted by molar-refractivity contribution is 5.69. The van der Waals surface area contributed by atoms with Crippen molar-refractivity contribution in [1.29, 1.82) is 0 Å².